The predicted molar refractivity (Wildman–Crippen MR) is 64.5 cm³/mol. The average molecular weight is 235 g/mol. The van der Waals surface area contributed by atoms with Crippen molar-refractivity contribution in [3.63, 3.8) is 0 Å². The third-order valence-electron chi connectivity index (χ3n) is 2.40. The van der Waals surface area contributed by atoms with Crippen molar-refractivity contribution in [2.45, 2.75) is 19.8 Å². The lowest BCUT2D eigenvalue weighted by Crippen LogP contribution is -2.34. The fraction of sp³-hybridized carbons (Fsp3) is 0.385. The zero-order chi connectivity index (χ0) is 12.7. The molecule has 1 atom stereocenters. The number of carbonyl (C=O) groups is 2. The van der Waals surface area contributed by atoms with Crippen molar-refractivity contribution in [2.75, 3.05) is 13.2 Å². The van der Waals surface area contributed by atoms with E-state index in [0.717, 1.165) is 5.56 Å². The maximum Gasteiger partial charge on any atom is 0.396 e. The number of ether oxygens (including phenoxy) is 1. The van der Waals surface area contributed by atoms with Crippen LogP contribution in [0.4, 0.5) is 0 Å². The number of hydrogen-bond acceptors (Lipinski definition) is 3. The van der Waals surface area contributed by atoms with Gasteiger partial charge in [0.25, 0.3) is 0 Å². The maximum atomic E-state index is 11.3. The van der Waals surface area contributed by atoms with Crippen molar-refractivity contribution >= 4 is 11.9 Å². The smallest absolute Gasteiger partial charge is 0.396 e. The molecule has 0 spiro atoms. The Morgan fingerprint density at radius 3 is 2.53 bits per heavy atom. The highest BCUT2D eigenvalue weighted by Gasteiger charge is 2.15. The zero-order valence-electron chi connectivity index (χ0n) is 10.1. The highest BCUT2D eigenvalue weighted by Crippen LogP contribution is 2.12. The van der Waals surface area contributed by atoms with Crippen LogP contribution in [0.25, 0.3) is 0 Å². The molecule has 92 valence electrons. The molecular formula is C13H17NO3. The first-order chi connectivity index (χ1) is 8.15. The molecule has 1 unspecified atom stereocenters. The fourth-order valence-corrected chi connectivity index (χ4v) is 1.41. The van der Waals surface area contributed by atoms with Crippen molar-refractivity contribution in [2.24, 2.45) is 0 Å². The molecule has 0 radical (unpaired) electrons. The molecule has 0 bridgehead atoms. The van der Waals surface area contributed by atoms with Gasteiger partial charge in [-0.3, -0.25) is 4.79 Å². The van der Waals surface area contributed by atoms with Gasteiger partial charge >= 0.3 is 11.9 Å². The Kier molecular flexibility index (Phi) is 5.20. The lowest BCUT2D eigenvalue weighted by atomic mass is 10.0. The number of esters is 1. The summed E-state index contributed by atoms with van der Waals surface area (Å²) < 4.78 is 4.59. The van der Waals surface area contributed by atoms with Crippen molar-refractivity contribution in [3.05, 3.63) is 35.9 Å². The number of benzene rings is 1. The van der Waals surface area contributed by atoms with Gasteiger partial charge in [0.15, 0.2) is 0 Å². The summed E-state index contributed by atoms with van der Waals surface area (Å²) in [5, 5.41) is 2.55. The summed E-state index contributed by atoms with van der Waals surface area (Å²) in [7, 11) is 0. The minimum absolute atomic E-state index is 0.162. The molecular weight excluding hydrogens is 218 g/mol. The quantitative estimate of drug-likeness (QED) is 0.635. The molecule has 0 heterocycles. The van der Waals surface area contributed by atoms with Crippen molar-refractivity contribution in [1.29, 1.82) is 0 Å². The van der Waals surface area contributed by atoms with Crippen LogP contribution in [0.3, 0.4) is 0 Å². The molecule has 1 N–H and O–H groups in total. The summed E-state index contributed by atoms with van der Waals surface area (Å²) in [5.74, 6) is -1.35. The molecule has 0 saturated heterocycles. The van der Waals surface area contributed by atoms with E-state index in [1.165, 1.54) is 0 Å². The second kappa shape index (κ2) is 6.68. The second-order valence-electron chi connectivity index (χ2n) is 3.74. The number of carbonyl (C=O) groups excluding carboxylic acids is 2. The lowest BCUT2D eigenvalue weighted by Gasteiger charge is -2.12. The van der Waals surface area contributed by atoms with E-state index < -0.39 is 11.9 Å². The van der Waals surface area contributed by atoms with Gasteiger partial charge in [-0.05, 0) is 18.4 Å². The van der Waals surface area contributed by atoms with Crippen molar-refractivity contribution < 1.29 is 14.3 Å². The zero-order valence-corrected chi connectivity index (χ0v) is 10.1. The lowest BCUT2D eigenvalue weighted by molar-refractivity contribution is -0.154. The number of rotatable bonds is 4. The molecule has 0 fully saturated rings. The third kappa shape index (κ3) is 4.26. The van der Waals surface area contributed by atoms with Gasteiger partial charge in [0.05, 0.1) is 6.61 Å². The van der Waals surface area contributed by atoms with Crippen LogP contribution in [0.15, 0.2) is 30.3 Å². The summed E-state index contributed by atoms with van der Waals surface area (Å²) in [5.41, 5.74) is 1.12. The van der Waals surface area contributed by atoms with E-state index in [4.69, 9.17) is 0 Å². The standard InChI is InChI=1S/C13H17NO3/c1-3-17-13(16)12(15)14-9-10(2)11-7-5-4-6-8-11/h4-8,10H,3,9H2,1-2H3,(H,14,15). The van der Waals surface area contributed by atoms with E-state index >= 15 is 0 Å². The van der Waals surface area contributed by atoms with E-state index in [2.05, 4.69) is 10.1 Å². The highest BCUT2D eigenvalue weighted by atomic mass is 16.5. The largest absolute Gasteiger partial charge is 0.459 e. The van der Waals surface area contributed by atoms with Gasteiger partial charge in [-0.1, -0.05) is 37.3 Å². The van der Waals surface area contributed by atoms with Gasteiger partial charge in [-0.2, -0.15) is 0 Å². The summed E-state index contributed by atoms with van der Waals surface area (Å²) in [6, 6.07) is 9.80. The van der Waals surface area contributed by atoms with Crippen LogP contribution < -0.4 is 5.32 Å². The van der Waals surface area contributed by atoms with Gasteiger partial charge in [-0.25, -0.2) is 4.79 Å². The molecule has 17 heavy (non-hydrogen) atoms. The first kappa shape index (κ1) is 13.2. The third-order valence-corrected chi connectivity index (χ3v) is 2.40. The number of nitrogens with one attached hydrogen (secondary N) is 1. The Balaban J connectivity index is 2.41. The average Bonchev–Trinajstić information content (AvgIpc) is 2.36. The van der Waals surface area contributed by atoms with Gasteiger partial charge in [0.1, 0.15) is 0 Å². The van der Waals surface area contributed by atoms with E-state index in [1.807, 2.05) is 37.3 Å². The first-order valence-electron chi connectivity index (χ1n) is 5.65. The molecule has 1 rings (SSSR count). The normalized spacial score (nSPS) is 11.6. The Bertz CT molecular complexity index is 376. The van der Waals surface area contributed by atoms with Gasteiger partial charge in [0, 0.05) is 6.54 Å². The van der Waals surface area contributed by atoms with Crippen LogP contribution in [-0.4, -0.2) is 25.0 Å². The molecule has 1 amide bonds. The number of hydrogen-bond donors (Lipinski definition) is 1. The Hall–Kier alpha value is -1.84. The molecule has 0 aliphatic rings. The molecule has 1 aromatic carbocycles. The predicted octanol–water partition coefficient (Wildman–Crippen LogP) is 1.47. The SMILES string of the molecule is CCOC(=O)C(=O)NCC(C)c1ccccc1. The van der Waals surface area contributed by atoms with Crippen LogP contribution in [0, 0.1) is 0 Å². The van der Waals surface area contributed by atoms with E-state index in [-0.39, 0.29) is 12.5 Å². The first-order valence-corrected chi connectivity index (χ1v) is 5.65. The molecule has 0 aliphatic heterocycles. The summed E-state index contributed by atoms with van der Waals surface area (Å²) in [6.07, 6.45) is 0. The van der Waals surface area contributed by atoms with E-state index in [0.29, 0.717) is 6.54 Å². The Labute approximate surface area is 101 Å². The molecule has 0 aliphatic carbocycles. The topological polar surface area (TPSA) is 55.4 Å². The summed E-state index contributed by atoms with van der Waals surface area (Å²) in [4.78, 5) is 22.3. The van der Waals surface area contributed by atoms with E-state index in [1.54, 1.807) is 6.92 Å². The molecule has 0 saturated carbocycles. The summed E-state index contributed by atoms with van der Waals surface area (Å²) >= 11 is 0. The van der Waals surface area contributed by atoms with Crippen LogP contribution in [0.5, 0.6) is 0 Å². The van der Waals surface area contributed by atoms with Crippen LogP contribution in [0.1, 0.15) is 25.3 Å². The monoisotopic (exact) mass is 235 g/mol. The van der Waals surface area contributed by atoms with Gasteiger partial charge in [0.2, 0.25) is 0 Å². The van der Waals surface area contributed by atoms with Crippen LogP contribution >= 0.6 is 0 Å². The van der Waals surface area contributed by atoms with Crippen LogP contribution in [-0.2, 0) is 14.3 Å². The van der Waals surface area contributed by atoms with Gasteiger partial charge < -0.3 is 10.1 Å². The summed E-state index contributed by atoms with van der Waals surface area (Å²) in [6.45, 7) is 4.28. The maximum absolute atomic E-state index is 11.3. The van der Waals surface area contributed by atoms with Crippen molar-refractivity contribution in [1.82, 2.24) is 5.32 Å². The minimum Gasteiger partial charge on any atom is -0.459 e. The molecule has 4 nitrogen and oxygen atoms in total. The minimum atomic E-state index is -0.826. The fourth-order valence-electron chi connectivity index (χ4n) is 1.41. The molecule has 0 aromatic heterocycles. The highest BCUT2D eigenvalue weighted by molar-refractivity contribution is 6.32. The molecule has 1 aromatic rings. The number of amides is 1. The van der Waals surface area contributed by atoms with Crippen LogP contribution in [0.2, 0.25) is 0 Å². The van der Waals surface area contributed by atoms with E-state index in [9.17, 15) is 9.59 Å². The van der Waals surface area contributed by atoms with Gasteiger partial charge in [-0.15, -0.1) is 0 Å². The van der Waals surface area contributed by atoms with Crippen molar-refractivity contribution in [3.8, 4) is 0 Å². The Morgan fingerprint density at radius 2 is 1.94 bits per heavy atom. The second-order valence-corrected chi connectivity index (χ2v) is 3.74. The Morgan fingerprint density at radius 1 is 1.29 bits per heavy atom. The molecule has 4 heteroatoms.